The van der Waals surface area contributed by atoms with Gasteiger partial charge in [-0.05, 0) is 60.4 Å². The molecule has 1 fully saturated rings. The quantitative estimate of drug-likeness (QED) is 0.453. The molecule has 5 rings (SSSR count). The van der Waals surface area contributed by atoms with Crippen LogP contribution in [0.1, 0.15) is 48.1 Å². The summed E-state index contributed by atoms with van der Waals surface area (Å²) >= 11 is 12.6. The molecule has 190 valence electrons. The van der Waals surface area contributed by atoms with Gasteiger partial charge in [0, 0.05) is 38.1 Å². The van der Waals surface area contributed by atoms with Gasteiger partial charge in [0.2, 0.25) is 0 Å². The average molecular weight is 535 g/mol. The molecule has 0 bridgehead atoms. The van der Waals surface area contributed by atoms with Crippen LogP contribution in [-0.2, 0) is 19.1 Å². The molecule has 2 aromatic rings. The van der Waals surface area contributed by atoms with Gasteiger partial charge in [-0.1, -0.05) is 53.5 Å². The van der Waals surface area contributed by atoms with Gasteiger partial charge in [0.25, 0.3) is 0 Å². The largest absolute Gasteiger partial charge is 0.416 e. The molecule has 2 aromatic carbocycles. The van der Waals surface area contributed by atoms with Crippen molar-refractivity contribution >= 4 is 29.0 Å². The fourth-order valence-corrected chi connectivity index (χ4v) is 6.20. The number of amidine groups is 1. The Balaban J connectivity index is 1.33. The molecular weight excluding hydrogens is 508 g/mol. The molecule has 1 saturated heterocycles. The summed E-state index contributed by atoms with van der Waals surface area (Å²) in [5.41, 5.74) is 8.44. The van der Waals surface area contributed by atoms with E-state index in [1.807, 2.05) is 31.3 Å². The summed E-state index contributed by atoms with van der Waals surface area (Å²) in [6, 6.07) is 9.37. The summed E-state index contributed by atoms with van der Waals surface area (Å²) in [5, 5.41) is 1.04. The molecule has 2 heterocycles. The van der Waals surface area contributed by atoms with Gasteiger partial charge < -0.3 is 15.5 Å². The number of fused-ring (bicyclic) bond motifs is 1. The third kappa shape index (κ3) is 4.31. The monoisotopic (exact) mass is 534 g/mol. The summed E-state index contributed by atoms with van der Waals surface area (Å²) in [5.74, 6) is 0.841. The number of nitrogens with two attached hydrogens (primary N) is 1. The summed E-state index contributed by atoms with van der Waals surface area (Å²) in [6.07, 6.45) is 3.23. The number of benzene rings is 2. The minimum absolute atomic E-state index is 0.273. The van der Waals surface area contributed by atoms with Gasteiger partial charge in [0.05, 0.1) is 21.3 Å². The Kier molecular flexibility index (Phi) is 6.60. The van der Waals surface area contributed by atoms with E-state index in [9.17, 15) is 13.2 Å². The van der Waals surface area contributed by atoms with E-state index in [4.69, 9.17) is 28.9 Å². The third-order valence-electron chi connectivity index (χ3n) is 7.70. The van der Waals surface area contributed by atoms with E-state index in [2.05, 4.69) is 14.8 Å². The van der Waals surface area contributed by atoms with E-state index in [0.29, 0.717) is 48.9 Å². The number of alkyl halides is 3. The second-order valence-corrected chi connectivity index (χ2v) is 10.4. The van der Waals surface area contributed by atoms with Crippen molar-refractivity contribution in [3.63, 3.8) is 0 Å². The van der Waals surface area contributed by atoms with Gasteiger partial charge in [-0.3, -0.25) is 0 Å². The van der Waals surface area contributed by atoms with Crippen molar-refractivity contribution in [3.05, 3.63) is 92.9 Å². The molecule has 3 aliphatic rings. The molecule has 1 spiro atoms. The maximum atomic E-state index is 13.7. The van der Waals surface area contributed by atoms with Gasteiger partial charge in [-0.15, -0.1) is 0 Å². The standard InChI is InChI=1S/C27H27Cl2F3N4/c1-2-21-25(34-11-14-36(21)16-18-6-4-8-20(28)23(18)29)35-12-9-26(10-13-35)15-17-5-3-7-19(27(30,31)32)22(17)24(26)33/h2-8,11,14,24H,9-10,12-13,15-16,33H2,1H3/b21-2-. The summed E-state index contributed by atoms with van der Waals surface area (Å²) in [6.45, 7) is 3.83. The molecule has 0 radical (unpaired) electrons. The topological polar surface area (TPSA) is 44.9 Å². The van der Waals surface area contributed by atoms with Crippen LogP contribution in [0.4, 0.5) is 13.2 Å². The van der Waals surface area contributed by atoms with Crippen molar-refractivity contribution in [2.75, 3.05) is 13.1 Å². The highest BCUT2D eigenvalue weighted by Gasteiger charge is 2.50. The predicted octanol–water partition coefficient (Wildman–Crippen LogP) is 6.94. The van der Waals surface area contributed by atoms with Crippen LogP contribution in [0.2, 0.25) is 10.0 Å². The van der Waals surface area contributed by atoms with E-state index >= 15 is 0 Å². The molecule has 0 aromatic heterocycles. The zero-order chi connectivity index (χ0) is 25.7. The zero-order valence-corrected chi connectivity index (χ0v) is 21.3. The molecule has 1 aliphatic carbocycles. The number of aliphatic imine (C=N–C) groups is 1. The van der Waals surface area contributed by atoms with E-state index in [1.54, 1.807) is 18.3 Å². The smallest absolute Gasteiger partial charge is 0.355 e. The Morgan fingerprint density at radius 1 is 1.14 bits per heavy atom. The first-order valence-electron chi connectivity index (χ1n) is 11.9. The third-order valence-corrected chi connectivity index (χ3v) is 8.56. The number of likely N-dealkylation sites (tertiary alicyclic amines) is 1. The second-order valence-electron chi connectivity index (χ2n) is 9.65. The Hall–Kier alpha value is -2.48. The SMILES string of the molecule is C/C=C1/C(N2CCC3(CC2)Cc2cccc(C(F)(F)F)c2C3N)=NC=CN1Cc1cccc(Cl)c1Cl. The summed E-state index contributed by atoms with van der Waals surface area (Å²) in [7, 11) is 0. The minimum Gasteiger partial charge on any atom is -0.355 e. The average Bonchev–Trinajstić information content (AvgIpc) is 3.12. The maximum absolute atomic E-state index is 13.7. The highest BCUT2D eigenvalue weighted by molar-refractivity contribution is 6.42. The lowest BCUT2D eigenvalue weighted by atomic mass is 9.73. The highest BCUT2D eigenvalue weighted by Crippen LogP contribution is 2.53. The van der Waals surface area contributed by atoms with Gasteiger partial charge in [0.15, 0.2) is 5.84 Å². The van der Waals surface area contributed by atoms with Crippen LogP contribution in [0, 0.1) is 5.41 Å². The number of allylic oxidation sites excluding steroid dienone is 1. The number of nitrogens with zero attached hydrogens (tertiary/aromatic N) is 3. The van der Waals surface area contributed by atoms with Crippen molar-refractivity contribution in [1.82, 2.24) is 9.80 Å². The first kappa shape index (κ1) is 25.2. The Morgan fingerprint density at radius 3 is 2.56 bits per heavy atom. The van der Waals surface area contributed by atoms with Crippen LogP contribution in [0.25, 0.3) is 0 Å². The molecule has 1 unspecified atom stereocenters. The molecule has 2 N–H and O–H groups in total. The lowest BCUT2D eigenvalue weighted by molar-refractivity contribution is -0.138. The molecular formula is C27H27Cl2F3N4. The van der Waals surface area contributed by atoms with E-state index in [-0.39, 0.29) is 11.0 Å². The van der Waals surface area contributed by atoms with Crippen molar-refractivity contribution in [1.29, 1.82) is 0 Å². The van der Waals surface area contributed by atoms with Gasteiger partial charge >= 0.3 is 6.18 Å². The van der Waals surface area contributed by atoms with Crippen molar-refractivity contribution in [3.8, 4) is 0 Å². The van der Waals surface area contributed by atoms with Crippen molar-refractivity contribution < 1.29 is 13.2 Å². The van der Waals surface area contributed by atoms with Crippen LogP contribution in [0.5, 0.6) is 0 Å². The van der Waals surface area contributed by atoms with E-state index < -0.39 is 17.8 Å². The highest BCUT2D eigenvalue weighted by atomic mass is 35.5. The second kappa shape index (κ2) is 9.43. The van der Waals surface area contributed by atoms with E-state index in [0.717, 1.165) is 28.7 Å². The molecule has 0 saturated carbocycles. The van der Waals surface area contributed by atoms with Crippen LogP contribution in [-0.4, -0.2) is 28.7 Å². The van der Waals surface area contributed by atoms with Crippen LogP contribution in [0.15, 0.2) is 65.6 Å². The molecule has 36 heavy (non-hydrogen) atoms. The number of hydrogen-bond donors (Lipinski definition) is 1. The Labute approximate surface area is 218 Å². The molecule has 2 aliphatic heterocycles. The number of hydrogen-bond acceptors (Lipinski definition) is 4. The molecule has 1 atom stereocenters. The number of halogens is 5. The predicted molar refractivity (Wildman–Crippen MR) is 138 cm³/mol. The lowest BCUT2D eigenvalue weighted by Crippen LogP contribution is -2.48. The zero-order valence-electron chi connectivity index (χ0n) is 19.8. The first-order valence-corrected chi connectivity index (χ1v) is 12.7. The Bertz CT molecular complexity index is 1260. The van der Waals surface area contributed by atoms with Gasteiger partial charge in [-0.25, -0.2) is 4.99 Å². The maximum Gasteiger partial charge on any atom is 0.416 e. The molecule has 4 nitrogen and oxygen atoms in total. The lowest BCUT2D eigenvalue weighted by Gasteiger charge is -2.44. The fourth-order valence-electron chi connectivity index (χ4n) is 5.82. The van der Waals surface area contributed by atoms with E-state index in [1.165, 1.54) is 6.07 Å². The van der Waals surface area contributed by atoms with Gasteiger partial charge in [0.1, 0.15) is 0 Å². The van der Waals surface area contributed by atoms with Crippen LogP contribution in [0.3, 0.4) is 0 Å². The first-order chi connectivity index (χ1) is 17.1. The van der Waals surface area contributed by atoms with Crippen LogP contribution >= 0.6 is 23.2 Å². The summed E-state index contributed by atoms with van der Waals surface area (Å²) < 4.78 is 41.1. The van der Waals surface area contributed by atoms with Gasteiger partial charge in [-0.2, -0.15) is 13.2 Å². The molecule has 0 amide bonds. The number of piperidine rings is 1. The summed E-state index contributed by atoms with van der Waals surface area (Å²) in [4.78, 5) is 8.96. The normalized spacial score (nSPS) is 22.4. The number of rotatable bonds is 2. The van der Waals surface area contributed by atoms with Crippen molar-refractivity contribution in [2.45, 2.75) is 44.9 Å². The Morgan fingerprint density at radius 2 is 1.86 bits per heavy atom. The minimum atomic E-state index is -4.41. The molecule has 9 heteroatoms. The van der Waals surface area contributed by atoms with Crippen LogP contribution < -0.4 is 5.73 Å². The van der Waals surface area contributed by atoms with Crippen molar-refractivity contribution in [2.24, 2.45) is 16.1 Å². The fraction of sp³-hybridized carbons (Fsp3) is 0.370.